The summed E-state index contributed by atoms with van der Waals surface area (Å²) in [5.41, 5.74) is 0.0331. The first-order valence-electron chi connectivity index (χ1n) is 8.20. The molecule has 2 aromatic heterocycles. The summed E-state index contributed by atoms with van der Waals surface area (Å²) in [6.45, 7) is 0.993. The van der Waals surface area contributed by atoms with Gasteiger partial charge in [0.1, 0.15) is 6.54 Å². The summed E-state index contributed by atoms with van der Waals surface area (Å²) in [5.74, 6) is -0.105. The summed E-state index contributed by atoms with van der Waals surface area (Å²) in [4.78, 5) is 30.0. The van der Waals surface area contributed by atoms with E-state index in [1.807, 2.05) is 12.1 Å². The first-order chi connectivity index (χ1) is 12.0. The van der Waals surface area contributed by atoms with Crippen LogP contribution < -0.4 is 5.56 Å². The van der Waals surface area contributed by atoms with Gasteiger partial charge in [-0.1, -0.05) is 0 Å². The van der Waals surface area contributed by atoms with Crippen LogP contribution in [0.3, 0.4) is 0 Å². The molecule has 1 amide bonds. The molecule has 3 heterocycles. The highest BCUT2D eigenvalue weighted by Crippen LogP contribution is 2.26. The zero-order valence-corrected chi connectivity index (χ0v) is 15.4. The second-order valence-electron chi connectivity index (χ2n) is 6.45. The molecule has 132 valence electrons. The normalized spacial score (nSPS) is 16.6. The number of carbonyl (C=O) groups excluding carboxylic acids is 1. The zero-order valence-electron chi connectivity index (χ0n) is 13.8. The van der Waals surface area contributed by atoms with Crippen LogP contribution in [0.4, 0.5) is 0 Å². The molecule has 0 radical (unpaired) electrons. The van der Waals surface area contributed by atoms with Crippen molar-refractivity contribution in [3.63, 3.8) is 0 Å². The highest BCUT2D eigenvalue weighted by atomic mass is 79.9. The van der Waals surface area contributed by atoms with Crippen molar-refractivity contribution in [3.05, 3.63) is 63.2 Å². The fourth-order valence-corrected chi connectivity index (χ4v) is 3.48. The minimum Gasteiger partial charge on any atom is -0.389 e. The number of hydrogen-bond donors (Lipinski definition) is 1. The van der Waals surface area contributed by atoms with E-state index in [0.29, 0.717) is 32.4 Å². The van der Waals surface area contributed by atoms with E-state index < -0.39 is 5.60 Å². The standard InChI is InChI=1S/C18H20BrN3O3/c19-15-1-2-16(23)22(12-15)13-17(24)21-9-5-18(25,6-10-21)11-14-3-7-20-8-4-14/h1-4,7-8,12,25H,5-6,9-11,13H2. The molecule has 0 unspecified atom stereocenters. The Balaban J connectivity index is 1.59. The minimum atomic E-state index is -0.801. The second kappa shape index (κ2) is 7.49. The summed E-state index contributed by atoms with van der Waals surface area (Å²) in [5, 5.41) is 10.8. The van der Waals surface area contributed by atoms with Crippen LogP contribution in [-0.4, -0.2) is 44.2 Å². The van der Waals surface area contributed by atoms with Crippen molar-refractivity contribution in [1.82, 2.24) is 14.5 Å². The lowest BCUT2D eigenvalue weighted by atomic mass is 9.85. The summed E-state index contributed by atoms with van der Waals surface area (Å²) < 4.78 is 2.15. The largest absolute Gasteiger partial charge is 0.389 e. The van der Waals surface area contributed by atoms with Crippen molar-refractivity contribution in [2.45, 2.75) is 31.4 Å². The van der Waals surface area contributed by atoms with Crippen LogP contribution in [0.5, 0.6) is 0 Å². The van der Waals surface area contributed by atoms with Crippen molar-refractivity contribution in [1.29, 1.82) is 0 Å². The van der Waals surface area contributed by atoms with Crippen molar-refractivity contribution in [2.24, 2.45) is 0 Å². The van der Waals surface area contributed by atoms with Crippen molar-refractivity contribution in [3.8, 4) is 0 Å². The van der Waals surface area contributed by atoms with Gasteiger partial charge < -0.3 is 14.6 Å². The number of piperidine rings is 1. The second-order valence-corrected chi connectivity index (χ2v) is 7.37. The average molecular weight is 406 g/mol. The Kier molecular flexibility index (Phi) is 5.34. The van der Waals surface area contributed by atoms with Crippen LogP contribution in [0.25, 0.3) is 0 Å². The molecule has 0 aromatic carbocycles. The number of aliphatic hydroxyl groups is 1. The molecule has 0 saturated carbocycles. The van der Waals surface area contributed by atoms with Gasteiger partial charge in [0.2, 0.25) is 5.91 Å². The van der Waals surface area contributed by atoms with Gasteiger partial charge in [0, 0.05) is 48.6 Å². The average Bonchev–Trinajstić information content (AvgIpc) is 2.59. The van der Waals surface area contributed by atoms with Gasteiger partial charge in [-0.3, -0.25) is 14.6 Å². The number of pyridine rings is 2. The maximum Gasteiger partial charge on any atom is 0.251 e. The van der Waals surface area contributed by atoms with Crippen LogP contribution in [-0.2, 0) is 17.8 Å². The van der Waals surface area contributed by atoms with Gasteiger partial charge in [-0.05, 0) is 52.5 Å². The quantitative estimate of drug-likeness (QED) is 0.837. The van der Waals surface area contributed by atoms with E-state index in [4.69, 9.17) is 0 Å². The molecule has 1 saturated heterocycles. The molecule has 1 aliphatic rings. The number of rotatable bonds is 4. The van der Waals surface area contributed by atoms with Crippen molar-refractivity contribution >= 4 is 21.8 Å². The zero-order chi connectivity index (χ0) is 17.9. The highest BCUT2D eigenvalue weighted by Gasteiger charge is 2.34. The van der Waals surface area contributed by atoms with Crippen LogP contribution in [0.15, 0.2) is 52.1 Å². The molecule has 1 fully saturated rings. The maximum absolute atomic E-state index is 12.5. The molecule has 1 N–H and O–H groups in total. The van der Waals surface area contributed by atoms with E-state index in [1.54, 1.807) is 29.6 Å². The molecule has 3 rings (SSSR count). The highest BCUT2D eigenvalue weighted by molar-refractivity contribution is 9.10. The minimum absolute atomic E-state index is 0.0149. The molecule has 0 atom stereocenters. The van der Waals surface area contributed by atoms with E-state index in [9.17, 15) is 14.7 Å². The van der Waals surface area contributed by atoms with Gasteiger partial charge in [0.15, 0.2) is 0 Å². The molecule has 7 heteroatoms. The topological polar surface area (TPSA) is 75.4 Å². The van der Waals surface area contributed by atoms with Crippen LogP contribution in [0.1, 0.15) is 18.4 Å². The third kappa shape index (κ3) is 4.55. The number of amides is 1. The Hall–Kier alpha value is -1.99. The predicted molar refractivity (Wildman–Crippen MR) is 97.1 cm³/mol. The Morgan fingerprint density at radius 3 is 2.56 bits per heavy atom. The fraction of sp³-hybridized carbons (Fsp3) is 0.389. The number of carbonyl (C=O) groups is 1. The Bertz CT molecular complexity index is 799. The molecule has 6 nitrogen and oxygen atoms in total. The number of aromatic nitrogens is 2. The van der Waals surface area contributed by atoms with Gasteiger partial charge in [0.25, 0.3) is 5.56 Å². The first-order valence-corrected chi connectivity index (χ1v) is 9.00. The van der Waals surface area contributed by atoms with E-state index in [1.165, 1.54) is 10.6 Å². The summed E-state index contributed by atoms with van der Waals surface area (Å²) in [7, 11) is 0. The van der Waals surface area contributed by atoms with E-state index in [2.05, 4.69) is 20.9 Å². The molecule has 1 aliphatic heterocycles. The number of hydrogen-bond acceptors (Lipinski definition) is 4. The number of nitrogens with zero attached hydrogens (tertiary/aromatic N) is 3. The van der Waals surface area contributed by atoms with Crippen molar-refractivity contribution < 1.29 is 9.90 Å². The third-order valence-electron chi connectivity index (χ3n) is 4.58. The molecular weight excluding hydrogens is 386 g/mol. The number of halogens is 1. The van der Waals surface area contributed by atoms with Crippen molar-refractivity contribution in [2.75, 3.05) is 13.1 Å². The van der Waals surface area contributed by atoms with Gasteiger partial charge in [0.05, 0.1) is 5.60 Å². The molecule has 0 spiro atoms. The SMILES string of the molecule is O=C(Cn1cc(Br)ccc1=O)N1CCC(O)(Cc2ccncc2)CC1. The first kappa shape index (κ1) is 17.8. The summed E-state index contributed by atoms with van der Waals surface area (Å²) >= 11 is 3.31. The van der Waals surface area contributed by atoms with Gasteiger partial charge in [-0.2, -0.15) is 0 Å². The van der Waals surface area contributed by atoms with E-state index >= 15 is 0 Å². The van der Waals surface area contributed by atoms with Gasteiger partial charge in [-0.15, -0.1) is 0 Å². The van der Waals surface area contributed by atoms with Gasteiger partial charge in [-0.25, -0.2) is 0 Å². The number of likely N-dealkylation sites (tertiary alicyclic amines) is 1. The molecule has 0 bridgehead atoms. The van der Waals surface area contributed by atoms with Crippen LogP contribution in [0, 0.1) is 0 Å². The molecule has 25 heavy (non-hydrogen) atoms. The van der Waals surface area contributed by atoms with E-state index in [-0.39, 0.29) is 18.0 Å². The smallest absolute Gasteiger partial charge is 0.251 e. The predicted octanol–water partition coefficient (Wildman–Crippen LogP) is 1.60. The molecular formula is C18H20BrN3O3. The third-order valence-corrected chi connectivity index (χ3v) is 5.05. The Labute approximate surface area is 154 Å². The Morgan fingerprint density at radius 2 is 1.88 bits per heavy atom. The summed E-state index contributed by atoms with van der Waals surface area (Å²) in [6.07, 6.45) is 6.65. The maximum atomic E-state index is 12.5. The van der Waals surface area contributed by atoms with Crippen LogP contribution >= 0.6 is 15.9 Å². The van der Waals surface area contributed by atoms with Crippen LogP contribution in [0.2, 0.25) is 0 Å². The van der Waals surface area contributed by atoms with E-state index in [0.717, 1.165) is 10.0 Å². The lowest BCUT2D eigenvalue weighted by Crippen LogP contribution is -2.48. The monoisotopic (exact) mass is 405 g/mol. The molecule has 0 aliphatic carbocycles. The van der Waals surface area contributed by atoms with Gasteiger partial charge >= 0.3 is 0 Å². The fourth-order valence-electron chi connectivity index (χ4n) is 3.10. The Morgan fingerprint density at radius 1 is 1.20 bits per heavy atom. The lowest BCUT2D eigenvalue weighted by molar-refractivity contribution is -0.136. The lowest BCUT2D eigenvalue weighted by Gasteiger charge is -2.38. The summed E-state index contributed by atoms with van der Waals surface area (Å²) in [6, 6.07) is 6.88. The molecule has 2 aromatic rings.